The van der Waals surface area contributed by atoms with Crippen molar-refractivity contribution in [2.45, 2.75) is 45.4 Å². The molecule has 2 aromatic rings. The van der Waals surface area contributed by atoms with Gasteiger partial charge in [-0.25, -0.2) is 0 Å². The zero-order chi connectivity index (χ0) is 13.8. The summed E-state index contributed by atoms with van der Waals surface area (Å²) in [6.45, 7) is 6.60. The normalized spacial score (nSPS) is 12.6. The van der Waals surface area contributed by atoms with Crippen molar-refractivity contribution in [1.82, 2.24) is 0 Å². The third kappa shape index (κ3) is 3.21. The molecule has 0 saturated heterocycles. The van der Waals surface area contributed by atoms with Crippen LogP contribution in [0.1, 0.15) is 52.6 Å². The van der Waals surface area contributed by atoms with E-state index in [0.29, 0.717) is 0 Å². The Balaban J connectivity index is 2.30. The van der Waals surface area contributed by atoms with Crippen LogP contribution in [-0.2, 0) is 19.3 Å². The molecule has 0 radical (unpaired) electrons. The molecule has 1 heterocycles. The van der Waals surface area contributed by atoms with Crippen molar-refractivity contribution in [3.8, 4) is 0 Å². The summed E-state index contributed by atoms with van der Waals surface area (Å²) in [5.41, 5.74) is 4.09. The first-order valence-electron chi connectivity index (χ1n) is 7.03. The van der Waals surface area contributed by atoms with Crippen LogP contribution in [0.5, 0.6) is 0 Å². The van der Waals surface area contributed by atoms with Crippen molar-refractivity contribution in [3.05, 3.63) is 56.8 Å². The monoisotopic (exact) mass is 292 g/mol. The van der Waals surface area contributed by atoms with Gasteiger partial charge in [0.2, 0.25) is 0 Å². The summed E-state index contributed by atoms with van der Waals surface area (Å²) in [4.78, 5) is 2.66. The van der Waals surface area contributed by atoms with E-state index >= 15 is 0 Å². The summed E-state index contributed by atoms with van der Waals surface area (Å²) >= 11 is 8.46. The standard InChI is InChI=1S/C17H21ClS/c1-4-12-7-8-14(11-13(12)5-2)17(18)16-10-9-15(6-3)19-16/h7-11,17H,4-6H2,1-3H3. The van der Waals surface area contributed by atoms with Crippen LogP contribution >= 0.6 is 22.9 Å². The smallest absolute Gasteiger partial charge is 0.0927 e. The van der Waals surface area contributed by atoms with Crippen molar-refractivity contribution < 1.29 is 0 Å². The van der Waals surface area contributed by atoms with Crippen molar-refractivity contribution in [3.63, 3.8) is 0 Å². The molecule has 1 atom stereocenters. The predicted octanol–water partition coefficient (Wildman–Crippen LogP) is 5.76. The van der Waals surface area contributed by atoms with E-state index in [1.54, 1.807) is 0 Å². The van der Waals surface area contributed by atoms with Crippen molar-refractivity contribution in [2.75, 3.05) is 0 Å². The van der Waals surface area contributed by atoms with E-state index in [1.165, 1.54) is 26.4 Å². The summed E-state index contributed by atoms with van der Waals surface area (Å²) in [7, 11) is 0. The van der Waals surface area contributed by atoms with Gasteiger partial charge in [0.25, 0.3) is 0 Å². The minimum absolute atomic E-state index is 0.0125. The number of aryl methyl sites for hydroxylation is 3. The maximum absolute atomic E-state index is 6.64. The van der Waals surface area contributed by atoms with Gasteiger partial charge in [-0.2, -0.15) is 0 Å². The summed E-state index contributed by atoms with van der Waals surface area (Å²) < 4.78 is 0. The molecule has 0 aliphatic carbocycles. The SMILES string of the molecule is CCc1ccc(C(Cl)c2ccc(CC)c(CC)c2)s1. The Morgan fingerprint density at radius 1 is 0.947 bits per heavy atom. The van der Waals surface area contributed by atoms with Crippen LogP contribution in [0.3, 0.4) is 0 Å². The molecule has 0 N–H and O–H groups in total. The number of hydrogen-bond donors (Lipinski definition) is 0. The predicted molar refractivity (Wildman–Crippen MR) is 86.6 cm³/mol. The quantitative estimate of drug-likeness (QED) is 0.614. The molecule has 0 aliphatic heterocycles. The third-order valence-corrected chi connectivity index (χ3v) is 5.48. The molecule has 0 bridgehead atoms. The molecule has 0 spiro atoms. The highest BCUT2D eigenvalue weighted by molar-refractivity contribution is 7.12. The number of hydrogen-bond acceptors (Lipinski definition) is 1. The molecule has 0 aliphatic rings. The molecule has 2 rings (SSSR count). The van der Waals surface area contributed by atoms with Gasteiger partial charge in [0.05, 0.1) is 5.38 Å². The second-order valence-corrected chi connectivity index (χ2v) is 6.39. The van der Waals surface area contributed by atoms with Crippen LogP contribution in [0.2, 0.25) is 0 Å². The third-order valence-electron chi connectivity index (χ3n) is 3.57. The Kier molecular flexibility index (Phi) is 5.06. The molecule has 102 valence electrons. The van der Waals surface area contributed by atoms with Crippen LogP contribution in [-0.4, -0.2) is 0 Å². The molecular weight excluding hydrogens is 272 g/mol. The lowest BCUT2D eigenvalue weighted by molar-refractivity contribution is 1.02. The fraction of sp³-hybridized carbons (Fsp3) is 0.412. The highest BCUT2D eigenvalue weighted by Gasteiger charge is 2.14. The number of benzene rings is 1. The Morgan fingerprint density at radius 2 is 1.68 bits per heavy atom. The van der Waals surface area contributed by atoms with Gasteiger partial charge in [0, 0.05) is 9.75 Å². The number of halogens is 1. The van der Waals surface area contributed by atoms with E-state index in [0.717, 1.165) is 19.3 Å². The lowest BCUT2D eigenvalue weighted by Crippen LogP contribution is -1.96. The van der Waals surface area contributed by atoms with E-state index in [1.807, 2.05) is 11.3 Å². The summed E-state index contributed by atoms with van der Waals surface area (Å²) in [5, 5.41) is -0.0125. The van der Waals surface area contributed by atoms with E-state index in [9.17, 15) is 0 Å². The first-order valence-corrected chi connectivity index (χ1v) is 8.29. The van der Waals surface area contributed by atoms with E-state index in [-0.39, 0.29) is 5.38 Å². The molecule has 1 aromatic heterocycles. The van der Waals surface area contributed by atoms with Gasteiger partial charge in [-0.05, 0) is 48.1 Å². The van der Waals surface area contributed by atoms with Crippen LogP contribution < -0.4 is 0 Å². The van der Waals surface area contributed by atoms with Crippen LogP contribution in [0, 0.1) is 0 Å². The summed E-state index contributed by atoms with van der Waals surface area (Å²) in [6, 6.07) is 11.1. The van der Waals surface area contributed by atoms with Gasteiger partial charge in [0.1, 0.15) is 0 Å². The van der Waals surface area contributed by atoms with Crippen LogP contribution in [0.15, 0.2) is 30.3 Å². The number of alkyl halides is 1. The second-order valence-electron chi connectivity index (χ2n) is 4.76. The minimum Gasteiger partial charge on any atom is -0.143 e. The van der Waals surface area contributed by atoms with Crippen LogP contribution in [0.4, 0.5) is 0 Å². The largest absolute Gasteiger partial charge is 0.143 e. The maximum Gasteiger partial charge on any atom is 0.0927 e. The lowest BCUT2D eigenvalue weighted by atomic mass is 9.98. The fourth-order valence-corrected chi connectivity index (χ4v) is 3.66. The van der Waals surface area contributed by atoms with Gasteiger partial charge in [0.15, 0.2) is 0 Å². The van der Waals surface area contributed by atoms with Gasteiger partial charge in [-0.3, -0.25) is 0 Å². The first-order chi connectivity index (χ1) is 9.19. The van der Waals surface area contributed by atoms with Crippen LogP contribution in [0.25, 0.3) is 0 Å². The lowest BCUT2D eigenvalue weighted by Gasteiger charge is -2.12. The highest BCUT2D eigenvalue weighted by atomic mass is 35.5. The fourth-order valence-electron chi connectivity index (χ4n) is 2.36. The van der Waals surface area contributed by atoms with Gasteiger partial charge >= 0.3 is 0 Å². The Hall–Kier alpha value is -0.790. The van der Waals surface area contributed by atoms with E-state index in [4.69, 9.17) is 11.6 Å². The molecule has 19 heavy (non-hydrogen) atoms. The molecule has 2 heteroatoms. The Morgan fingerprint density at radius 3 is 2.26 bits per heavy atom. The number of thiophene rings is 1. The molecule has 0 fully saturated rings. The molecule has 0 amide bonds. The molecule has 0 nitrogen and oxygen atoms in total. The molecular formula is C17H21ClS. The number of rotatable bonds is 5. The Bertz CT molecular complexity index is 542. The molecule has 1 unspecified atom stereocenters. The zero-order valence-corrected chi connectivity index (χ0v) is 13.4. The average molecular weight is 293 g/mol. The average Bonchev–Trinajstić information content (AvgIpc) is 2.94. The highest BCUT2D eigenvalue weighted by Crippen LogP contribution is 2.34. The maximum atomic E-state index is 6.64. The second kappa shape index (κ2) is 6.58. The molecule has 1 aromatic carbocycles. The van der Waals surface area contributed by atoms with Gasteiger partial charge in [-0.1, -0.05) is 39.0 Å². The van der Waals surface area contributed by atoms with Crippen molar-refractivity contribution in [2.24, 2.45) is 0 Å². The van der Waals surface area contributed by atoms with E-state index < -0.39 is 0 Å². The topological polar surface area (TPSA) is 0 Å². The van der Waals surface area contributed by atoms with Crippen molar-refractivity contribution >= 4 is 22.9 Å². The van der Waals surface area contributed by atoms with Crippen molar-refractivity contribution in [1.29, 1.82) is 0 Å². The first kappa shape index (κ1) is 14.6. The zero-order valence-electron chi connectivity index (χ0n) is 11.9. The summed E-state index contributed by atoms with van der Waals surface area (Å²) in [5.74, 6) is 0. The minimum atomic E-state index is -0.0125. The Labute approximate surface area is 125 Å². The van der Waals surface area contributed by atoms with Gasteiger partial charge < -0.3 is 0 Å². The molecule has 0 saturated carbocycles. The summed E-state index contributed by atoms with van der Waals surface area (Å²) in [6.07, 6.45) is 3.25. The van der Waals surface area contributed by atoms with E-state index in [2.05, 4.69) is 51.1 Å². The van der Waals surface area contributed by atoms with Gasteiger partial charge in [-0.15, -0.1) is 22.9 Å².